The number of hydrogen-bond donors (Lipinski definition) is 1. The highest BCUT2D eigenvalue weighted by molar-refractivity contribution is 7.99. The van der Waals surface area contributed by atoms with Crippen molar-refractivity contribution in [3.8, 4) is 0 Å². The van der Waals surface area contributed by atoms with Crippen molar-refractivity contribution in [3.05, 3.63) is 47.3 Å². The Morgan fingerprint density at radius 2 is 2.00 bits per heavy atom. The van der Waals surface area contributed by atoms with E-state index in [9.17, 15) is 0 Å². The van der Waals surface area contributed by atoms with Crippen LogP contribution in [0.3, 0.4) is 0 Å². The maximum absolute atomic E-state index is 4.55. The number of pyridine rings is 2. The molecule has 0 amide bonds. The van der Waals surface area contributed by atoms with Gasteiger partial charge in [0.2, 0.25) is 0 Å². The van der Waals surface area contributed by atoms with Gasteiger partial charge in [0.25, 0.3) is 0 Å². The fraction of sp³-hybridized carbons (Fsp3) is 0.375. The Balaban J connectivity index is 2.19. The van der Waals surface area contributed by atoms with Crippen molar-refractivity contribution in [3.63, 3.8) is 0 Å². The zero-order chi connectivity index (χ0) is 14.5. The maximum Gasteiger partial charge on any atom is 0.103 e. The fourth-order valence-corrected chi connectivity index (χ4v) is 3.09. The summed E-state index contributed by atoms with van der Waals surface area (Å²) in [5.41, 5.74) is 3.54. The summed E-state index contributed by atoms with van der Waals surface area (Å²) in [7, 11) is 0. The zero-order valence-electron chi connectivity index (χ0n) is 12.5. The molecule has 20 heavy (non-hydrogen) atoms. The molecule has 0 bridgehead atoms. The van der Waals surface area contributed by atoms with Crippen molar-refractivity contribution in [1.82, 2.24) is 15.3 Å². The van der Waals surface area contributed by atoms with Crippen molar-refractivity contribution in [2.75, 3.05) is 6.54 Å². The lowest BCUT2D eigenvalue weighted by atomic mass is 10.1. The average molecular weight is 287 g/mol. The highest BCUT2D eigenvalue weighted by Crippen LogP contribution is 2.27. The molecule has 3 nitrogen and oxygen atoms in total. The van der Waals surface area contributed by atoms with Crippen LogP contribution in [0.4, 0.5) is 0 Å². The van der Waals surface area contributed by atoms with Gasteiger partial charge in [0.05, 0.1) is 0 Å². The molecule has 1 atom stereocenters. The van der Waals surface area contributed by atoms with Gasteiger partial charge in [-0.1, -0.05) is 18.7 Å². The first-order valence-electron chi connectivity index (χ1n) is 6.91. The minimum atomic E-state index is 0.342. The molecule has 4 heteroatoms. The van der Waals surface area contributed by atoms with Crippen LogP contribution in [0, 0.1) is 13.8 Å². The molecule has 0 aliphatic heterocycles. The fourth-order valence-electron chi connectivity index (χ4n) is 2.14. The molecule has 1 unspecified atom stereocenters. The number of aryl methyl sites for hydroxylation is 2. The summed E-state index contributed by atoms with van der Waals surface area (Å²) < 4.78 is 0. The van der Waals surface area contributed by atoms with Crippen LogP contribution < -0.4 is 5.32 Å². The lowest BCUT2D eigenvalue weighted by molar-refractivity contribution is 0.596. The minimum absolute atomic E-state index is 0.342. The summed E-state index contributed by atoms with van der Waals surface area (Å²) in [6, 6.07) is 8.72. The van der Waals surface area contributed by atoms with Crippen LogP contribution in [0.25, 0.3) is 0 Å². The third kappa shape index (κ3) is 4.05. The van der Waals surface area contributed by atoms with E-state index in [0.29, 0.717) is 6.04 Å². The Bertz CT molecular complexity index is 563. The maximum atomic E-state index is 4.55. The van der Waals surface area contributed by atoms with Crippen LogP contribution in [-0.2, 0) is 0 Å². The Hall–Kier alpha value is -1.39. The first kappa shape index (κ1) is 15.0. The van der Waals surface area contributed by atoms with E-state index in [2.05, 4.69) is 60.3 Å². The first-order valence-corrected chi connectivity index (χ1v) is 7.72. The quantitative estimate of drug-likeness (QED) is 0.904. The van der Waals surface area contributed by atoms with Gasteiger partial charge >= 0.3 is 0 Å². The van der Waals surface area contributed by atoms with Crippen molar-refractivity contribution >= 4 is 11.8 Å². The number of rotatable bonds is 5. The van der Waals surface area contributed by atoms with Crippen LogP contribution in [0.1, 0.15) is 36.7 Å². The monoisotopic (exact) mass is 287 g/mol. The summed E-state index contributed by atoms with van der Waals surface area (Å²) >= 11 is 1.62. The first-order chi connectivity index (χ1) is 9.58. The van der Waals surface area contributed by atoms with Crippen LogP contribution >= 0.6 is 11.8 Å². The molecule has 0 radical (unpaired) electrons. The van der Waals surface area contributed by atoms with E-state index in [1.54, 1.807) is 11.8 Å². The minimum Gasteiger partial charge on any atom is -0.310 e. The summed E-state index contributed by atoms with van der Waals surface area (Å²) in [5.74, 6) is 0. The molecule has 0 fully saturated rings. The smallest absolute Gasteiger partial charge is 0.103 e. The van der Waals surface area contributed by atoms with Crippen LogP contribution in [0.2, 0.25) is 0 Å². The van der Waals surface area contributed by atoms with Gasteiger partial charge in [-0.25, -0.2) is 9.97 Å². The van der Waals surface area contributed by atoms with Crippen molar-refractivity contribution in [2.24, 2.45) is 0 Å². The summed E-state index contributed by atoms with van der Waals surface area (Å²) in [6.07, 6.45) is 1.87. The number of nitrogens with zero attached hydrogens (tertiary/aromatic N) is 2. The van der Waals surface area contributed by atoms with E-state index in [1.807, 2.05) is 13.1 Å². The van der Waals surface area contributed by atoms with E-state index in [4.69, 9.17) is 0 Å². The summed E-state index contributed by atoms with van der Waals surface area (Å²) in [4.78, 5) is 8.98. The Kier molecular flexibility index (Phi) is 5.15. The predicted molar refractivity (Wildman–Crippen MR) is 84.2 cm³/mol. The van der Waals surface area contributed by atoms with Crippen LogP contribution in [-0.4, -0.2) is 16.5 Å². The third-order valence-corrected chi connectivity index (χ3v) is 3.90. The highest BCUT2D eigenvalue weighted by atomic mass is 32.2. The second-order valence-electron chi connectivity index (χ2n) is 4.93. The van der Waals surface area contributed by atoms with E-state index < -0.39 is 0 Å². The van der Waals surface area contributed by atoms with E-state index in [1.165, 1.54) is 11.1 Å². The van der Waals surface area contributed by atoms with Gasteiger partial charge in [-0.3, -0.25) is 0 Å². The molecular weight excluding hydrogens is 266 g/mol. The van der Waals surface area contributed by atoms with Gasteiger partial charge in [0.1, 0.15) is 10.1 Å². The molecule has 0 aliphatic carbocycles. The Labute approximate surface area is 125 Å². The molecule has 0 saturated heterocycles. The number of hydrogen-bond acceptors (Lipinski definition) is 4. The highest BCUT2D eigenvalue weighted by Gasteiger charge is 2.07. The van der Waals surface area contributed by atoms with Crippen molar-refractivity contribution < 1.29 is 0 Å². The SMILES string of the molecule is CCNC(C)c1ccnc(Sc2cc(C)cc(C)n2)c1. The van der Waals surface area contributed by atoms with Crippen molar-refractivity contribution in [2.45, 2.75) is 43.8 Å². The molecule has 0 aliphatic rings. The van der Waals surface area contributed by atoms with Gasteiger partial charge in [0.15, 0.2) is 0 Å². The van der Waals surface area contributed by atoms with E-state index in [-0.39, 0.29) is 0 Å². The molecular formula is C16H21N3S. The number of nitrogens with one attached hydrogen (secondary N) is 1. The molecule has 2 heterocycles. The summed E-state index contributed by atoms with van der Waals surface area (Å²) in [6.45, 7) is 9.36. The largest absolute Gasteiger partial charge is 0.310 e. The lowest BCUT2D eigenvalue weighted by Gasteiger charge is -2.13. The molecule has 0 aromatic carbocycles. The van der Waals surface area contributed by atoms with Gasteiger partial charge in [-0.15, -0.1) is 0 Å². The Morgan fingerprint density at radius 3 is 2.70 bits per heavy atom. The summed E-state index contributed by atoms with van der Waals surface area (Å²) in [5, 5.41) is 5.41. The molecule has 0 saturated carbocycles. The van der Waals surface area contributed by atoms with Crippen LogP contribution in [0.15, 0.2) is 40.5 Å². The van der Waals surface area contributed by atoms with Gasteiger partial charge in [-0.05, 0) is 62.7 Å². The molecule has 2 rings (SSSR count). The van der Waals surface area contributed by atoms with E-state index >= 15 is 0 Å². The average Bonchev–Trinajstić information content (AvgIpc) is 2.38. The molecule has 106 valence electrons. The predicted octanol–water partition coefficient (Wildman–Crippen LogP) is 3.92. The van der Waals surface area contributed by atoms with Crippen LogP contribution in [0.5, 0.6) is 0 Å². The second-order valence-corrected chi connectivity index (χ2v) is 5.97. The van der Waals surface area contributed by atoms with Gasteiger partial charge in [-0.2, -0.15) is 0 Å². The van der Waals surface area contributed by atoms with Gasteiger partial charge in [0, 0.05) is 17.9 Å². The number of aromatic nitrogens is 2. The van der Waals surface area contributed by atoms with Gasteiger partial charge < -0.3 is 5.32 Å². The molecule has 2 aromatic heterocycles. The molecule has 2 aromatic rings. The topological polar surface area (TPSA) is 37.8 Å². The standard InChI is InChI=1S/C16H21N3S/c1-5-17-13(4)14-6-7-18-15(10-14)20-16-9-11(2)8-12(3)19-16/h6-10,13,17H,5H2,1-4H3. The van der Waals surface area contributed by atoms with Crippen molar-refractivity contribution in [1.29, 1.82) is 0 Å². The molecule has 1 N–H and O–H groups in total. The zero-order valence-corrected chi connectivity index (χ0v) is 13.3. The third-order valence-electron chi connectivity index (χ3n) is 3.05. The Morgan fingerprint density at radius 1 is 1.20 bits per heavy atom. The normalized spacial score (nSPS) is 12.4. The van der Waals surface area contributed by atoms with E-state index in [0.717, 1.165) is 22.3 Å². The molecule has 0 spiro atoms. The second kappa shape index (κ2) is 6.86. The lowest BCUT2D eigenvalue weighted by Crippen LogP contribution is -2.17.